The van der Waals surface area contributed by atoms with Crippen molar-refractivity contribution in [3.05, 3.63) is 60.5 Å². The van der Waals surface area contributed by atoms with Crippen LogP contribution in [-0.4, -0.2) is 5.71 Å². The lowest BCUT2D eigenvalue weighted by atomic mass is 10.1. The van der Waals surface area contributed by atoms with Crippen LogP contribution in [-0.2, 0) is 0 Å². The van der Waals surface area contributed by atoms with Gasteiger partial charge in [-0.25, -0.2) is 0 Å². The van der Waals surface area contributed by atoms with Crippen LogP contribution >= 0.6 is 0 Å². The lowest BCUT2D eigenvalue weighted by Gasteiger charge is -1.99. The molecule has 0 aliphatic rings. The zero-order chi connectivity index (χ0) is 12.4. The lowest BCUT2D eigenvalue weighted by Crippen LogP contribution is -1.95. The zero-order valence-electron chi connectivity index (χ0n) is 10.3. The van der Waals surface area contributed by atoms with Crippen LogP contribution in [0.25, 0.3) is 0 Å². The van der Waals surface area contributed by atoms with Crippen molar-refractivity contribution in [1.82, 2.24) is 0 Å². The minimum atomic E-state index is 0.775. The Bertz CT molecular complexity index is 362. The predicted molar refractivity (Wildman–Crippen MR) is 73.3 cm³/mol. The topological polar surface area (TPSA) is 38.4 Å². The van der Waals surface area contributed by atoms with Crippen molar-refractivity contribution in [1.29, 1.82) is 0 Å². The Morgan fingerprint density at radius 1 is 1.25 bits per heavy atom. The van der Waals surface area contributed by atoms with Crippen LogP contribution in [0.1, 0.15) is 20.8 Å². The van der Waals surface area contributed by atoms with E-state index in [1.165, 1.54) is 0 Å². The molecule has 0 amide bonds. The smallest absolute Gasteiger partial charge is 0.0658 e. The average molecular weight is 216 g/mol. The minimum absolute atomic E-state index is 0.775. The van der Waals surface area contributed by atoms with E-state index in [0.29, 0.717) is 0 Å². The molecule has 0 bridgehead atoms. The van der Waals surface area contributed by atoms with Gasteiger partial charge in [-0.3, -0.25) is 4.99 Å². The van der Waals surface area contributed by atoms with Crippen molar-refractivity contribution in [2.75, 3.05) is 0 Å². The van der Waals surface area contributed by atoms with Gasteiger partial charge in [0.1, 0.15) is 0 Å². The van der Waals surface area contributed by atoms with Crippen LogP contribution in [0.3, 0.4) is 0 Å². The summed E-state index contributed by atoms with van der Waals surface area (Å²) in [5.74, 6) is 0. The van der Waals surface area contributed by atoms with Gasteiger partial charge in [-0.1, -0.05) is 30.9 Å². The average Bonchev–Trinajstić information content (AvgIpc) is 2.26. The molecule has 0 aliphatic heterocycles. The second kappa shape index (κ2) is 8.48. The number of nitrogens with zero attached hydrogens (tertiary/aromatic N) is 1. The number of aliphatic imine (C=N–C) groups is 1. The Labute approximate surface area is 98.3 Å². The van der Waals surface area contributed by atoms with Gasteiger partial charge in [0.05, 0.1) is 5.71 Å². The number of nitrogens with two attached hydrogens (primary N) is 1. The van der Waals surface area contributed by atoms with E-state index in [1.54, 1.807) is 12.3 Å². The molecule has 0 unspecified atom stereocenters. The minimum Gasteiger partial charge on any atom is -0.402 e. The number of rotatable bonds is 5. The van der Waals surface area contributed by atoms with Gasteiger partial charge in [0.25, 0.3) is 0 Å². The predicted octanol–water partition coefficient (Wildman–Crippen LogP) is 3.51. The van der Waals surface area contributed by atoms with Crippen LogP contribution in [0.2, 0.25) is 0 Å². The highest BCUT2D eigenvalue weighted by molar-refractivity contribution is 6.08. The van der Waals surface area contributed by atoms with Gasteiger partial charge < -0.3 is 5.73 Å². The SMILES string of the molecule is C=C\C=C/C(=N\C=C/C)C(C)=CC=C(C)N. The van der Waals surface area contributed by atoms with Gasteiger partial charge in [0, 0.05) is 11.9 Å². The highest BCUT2D eigenvalue weighted by atomic mass is 14.7. The second-order valence-electron chi connectivity index (χ2n) is 3.35. The summed E-state index contributed by atoms with van der Waals surface area (Å²) in [6.45, 7) is 9.42. The second-order valence-corrected chi connectivity index (χ2v) is 3.35. The fourth-order valence-corrected chi connectivity index (χ4v) is 0.932. The van der Waals surface area contributed by atoms with Gasteiger partial charge in [0.2, 0.25) is 0 Å². The molecule has 0 fully saturated rings. The Kier molecular flexibility index (Phi) is 7.51. The molecule has 0 radical (unpaired) electrons. The first-order chi connectivity index (χ1) is 7.61. The van der Waals surface area contributed by atoms with Crippen molar-refractivity contribution in [3.8, 4) is 0 Å². The molecule has 0 rings (SSSR count). The van der Waals surface area contributed by atoms with Crippen LogP contribution in [0.5, 0.6) is 0 Å². The Balaban J connectivity index is 5.03. The third-order valence-electron chi connectivity index (χ3n) is 1.75. The van der Waals surface area contributed by atoms with Crippen LogP contribution in [0, 0.1) is 0 Å². The van der Waals surface area contributed by atoms with E-state index in [2.05, 4.69) is 11.6 Å². The highest BCUT2D eigenvalue weighted by Crippen LogP contribution is 2.02. The van der Waals surface area contributed by atoms with Gasteiger partial charge in [-0.2, -0.15) is 0 Å². The van der Waals surface area contributed by atoms with E-state index in [9.17, 15) is 0 Å². The number of allylic oxidation sites excluding steroid dienone is 8. The normalized spacial score (nSPS) is 15.1. The highest BCUT2D eigenvalue weighted by Gasteiger charge is 1.94. The number of hydrogen-bond acceptors (Lipinski definition) is 2. The Morgan fingerprint density at radius 3 is 2.44 bits per heavy atom. The van der Waals surface area contributed by atoms with Crippen LogP contribution in [0.15, 0.2) is 65.5 Å². The summed E-state index contributed by atoms with van der Waals surface area (Å²) < 4.78 is 0. The molecule has 86 valence electrons. The summed E-state index contributed by atoms with van der Waals surface area (Å²) in [7, 11) is 0. The summed E-state index contributed by atoms with van der Waals surface area (Å²) in [5.41, 5.74) is 8.30. The molecule has 16 heavy (non-hydrogen) atoms. The van der Waals surface area contributed by atoms with Gasteiger partial charge in [-0.05, 0) is 38.5 Å². The first-order valence-corrected chi connectivity index (χ1v) is 5.21. The van der Waals surface area contributed by atoms with E-state index < -0.39 is 0 Å². The van der Waals surface area contributed by atoms with Crippen molar-refractivity contribution in [2.24, 2.45) is 10.7 Å². The third kappa shape index (κ3) is 6.60. The van der Waals surface area contributed by atoms with E-state index in [-0.39, 0.29) is 0 Å². The summed E-state index contributed by atoms with van der Waals surface area (Å²) in [6, 6.07) is 0. The lowest BCUT2D eigenvalue weighted by molar-refractivity contribution is 1.31. The van der Waals surface area contributed by atoms with Crippen molar-refractivity contribution < 1.29 is 0 Å². The Hall–Kier alpha value is -1.83. The molecular weight excluding hydrogens is 196 g/mol. The fraction of sp³-hybridized carbons (Fsp3) is 0.214. The zero-order valence-corrected chi connectivity index (χ0v) is 10.3. The van der Waals surface area contributed by atoms with E-state index >= 15 is 0 Å². The van der Waals surface area contributed by atoms with E-state index in [1.807, 2.05) is 51.2 Å². The third-order valence-corrected chi connectivity index (χ3v) is 1.75. The maximum absolute atomic E-state index is 5.57. The molecule has 0 saturated heterocycles. The van der Waals surface area contributed by atoms with E-state index in [4.69, 9.17) is 5.73 Å². The van der Waals surface area contributed by atoms with Gasteiger partial charge in [0.15, 0.2) is 0 Å². The molecule has 0 aliphatic carbocycles. The molecule has 0 spiro atoms. The largest absolute Gasteiger partial charge is 0.402 e. The monoisotopic (exact) mass is 216 g/mol. The molecule has 0 aromatic carbocycles. The molecular formula is C14H20N2. The summed E-state index contributed by atoms with van der Waals surface area (Å²) in [6.07, 6.45) is 13.0. The molecule has 0 saturated carbocycles. The van der Waals surface area contributed by atoms with Gasteiger partial charge >= 0.3 is 0 Å². The molecule has 2 nitrogen and oxygen atoms in total. The van der Waals surface area contributed by atoms with Crippen LogP contribution < -0.4 is 5.73 Å². The van der Waals surface area contributed by atoms with Gasteiger partial charge in [-0.15, -0.1) is 0 Å². The van der Waals surface area contributed by atoms with Crippen molar-refractivity contribution >= 4 is 5.71 Å². The maximum atomic E-state index is 5.57. The van der Waals surface area contributed by atoms with Crippen molar-refractivity contribution in [2.45, 2.75) is 20.8 Å². The summed E-state index contributed by atoms with van der Waals surface area (Å²) >= 11 is 0. The first-order valence-electron chi connectivity index (χ1n) is 5.21. The summed E-state index contributed by atoms with van der Waals surface area (Å²) in [4.78, 5) is 4.32. The molecule has 0 aromatic heterocycles. The molecule has 0 aromatic rings. The van der Waals surface area contributed by atoms with E-state index in [0.717, 1.165) is 17.0 Å². The maximum Gasteiger partial charge on any atom is 0.0658 e. The quantitative estimate of drug-likeness (QED) is 0.554. The first kappa shape index (κ1) is 14.2. The molecule has 2 heteroatoms. The standard InChI is InChI=1S/C14H20N2/c1-5-7-8-14(16-11-6-2)12(3)9-10-13(4)15/h5-11H,1,15H2,2-4H3/b8-7-,11-6-,12-9?,13-10?,16-14+. The van der Waals surface area contributed by atoms with Crippen LogP contribution in [0.4, 0.5) is 0 Å². The Morgan fingerprint density at radius 2 is 1.94 bits per heavy atom. The number of hydrogen-bond donors (Lipinski definition) is 1. The fourth-order valence-electron chi connectivity index (χ4n) is 0.932. The molecule has 0 heterocycles. The molecule has 2 N–H and O–H groups in total. The summed E-state index contributed by atoms with van der Waals surface area (Å²) in [5, 5.41) is 0. The molecule has 0 atom stereocenters. The van der Waals surface area contributed by atoms with Crippen molar-refractivity contribution in [3.63, 3.8) is 0 Å².